The van der Waals surface area contributed by atoms with E-state index in [1.165, 1.54) is 0 Å². The van der Waals surface area contributed by atoms with Gasteiger partial charge < -0.3 is 5.11 Å². The Bertz CT molecular complexity index is 393. The van der Waals surface area contributed by atoms with Crippen LogP contribution < -0.4 is 0 Å². The molecule has 0 radical (unpaired) electrons. The highest BCUT2D eigenvalue weighted by molar-refractivity contribution is 9.10. The van der Waals surface area contributed by atoms with Crippen LogP contribution in [-0.4, -0.2) is 15.7 Å². The molecular weight excluding hydrogens is 266 g/mol. The molecule has 1 saturated carbocycles. The lowest BCUT2D eigenvalue weighted by atomic mass is 9.86. The Kier molecular flexibility index (Phi) is 3.45. The van der Waals surface area contributed by atoms with E-state index in [9.17, 15) is 5.11 Å². The van der Waals surface area contributed by atoms with Crippen LogP contribution in [0.15, 0.2) is 35.6 Å². The van der Waals surface area contributed by atoms with Crippen LogP contribution in [0.3, 0.4) is 0 Å². The van der Waals surface area contributed by atoms with Crippen LogP contribution >= 0.6 is 15.9 Å². The maximum atomic E-state index is 10.4. The third-order valence-corrected chi connectivity index (χ3v) is 4.21. The van der Waals surface area contributed by atoms with Gasteiger partial charge in [0.05, 0.1) is 5.60 Å². The Balaban J connectivity index is 2.16. The number of hydrogen-bond acceptors (Lipinski definition) is 2. The summed E-state index contributed by atoms with van der Waals surface area (Å²) in [7, 11) is 0. The van der Waals surface area contributed by atoms with E-state index >= 15 is 0 Å². The molecule has 1 aromatic heterocycles. The molecule has 3 heteroatoms. The smallest absolute Gasteiger partial charge is 0.109 e. The quantitative estimate of drug-likeness (QED) is 0.682. The van der Waals surface area contributed by atoms with Gasteiger partial charge in [-0.3, -0.25) is 0 Å². The first-order valence-corrected chi connectivity index (χ1v) is 6.40. The number of hydrogen-bond donors (Lipinski definition) is 1. The van der Waals surface area contributed by atoms with Crippen molar-refractivity contribution in [2.75, 3.05) is 0 Å². The van der Waals surface area contributed by atoms with Gasteiger partial charge in [-0.1, -0.05) is 12.1 Å². The van der Waals surface area contributed by atoms with Crippen LogP contribution in [0.2, 0.25) is 0 Å². The summed E-state index contributed by atoms with van der Waals surface area (Å²) in [6.45, 7) is 3.75. The molecule has 2 nitrogen and oxygen atoms in total. The largest absolute Gasteiger partial charge is 0.386 e. The molecule has 1 fully saturated rings. The predicted molar refractivity (Wildman–Crippen MR) is 68.1 cm³/mol. The summed E-state index contributed by atoms with van der Waals surface area (Å²) in [5, 5.41) is 10.4. The minimum atomic E-state index is -0.685. The van der Waals surface area contributed by atoms with Crippen molar-refractivity contribution in [3.63, 3.8) is 0 Å². The Hall–Kier alpha value is -0.670. The first-order chi connectivity index (χ1) is 7.65. The molecule has 2 rings (SSSR count). The molecule has 1 N–H and O–H groups in total. The van der Waals surface area contributed by atoms with E-state index in [1.54, 1.807) is 12.3 Å². The minimum absolute atomic E-state index is 0.269. The second-order valence-electron chi connectivity index (χ2n) is 4.44. The van der Waals surface area contributed by atoms with Crippen molar-refractivity contribution in [3.05, 3.63) is 41.2 Å². The van der Waals surface area contributed by atoms with Crippen molar-refractivity contribution in [1.82, 2.24) is 4.98 Å². The van der Waals surface area contributed by atoms with Crippen molar-refractivity contribution in [2.24, 2.45) is 5.92 Å². The number of pyridine rings is 1. The van der Waals surface area contributed by atoms with Crippen molar-refractivity contribution in [1.29, 1.82) is 0 Å². The molecule has 0 amide bonds. The zero-order valence-corrected chi connectivity index (χ0v) is 10.8. The summed E-state index contributed by atoms with van der Waals surface area (Å²) in [5.41, 5.74) is 0.476. The van der Waals surface area contributed by atoms with Gasteiger partial charge in [0, 0.05) is 6.20 Å². The zero-order chi connectivity index (χ0) is 11.6. The molecular formula is C13H16BrNO. The van der Waals surface area contributed by atoms with Gasteiger partial charge in [0.2, 0.25) is 0 Å². The lowest BCUT2D eigenvalue weighted by Gasteiger charge is -2.26. The third-order valence-electron chi connectivity index (χ3n) is 3.49. The molecule has 86 valence electrons. The van der Waals surface area contributed by atoms with E-state index in [0.29, 0.717) is 0 Å². The first-order valence-electron chi connectivity index (χ1n) is 5.61. The number of nitrogens with zero attached hydrogens (tertiary/aromatic N) is 1. The Labute approximate surface area is 105 Å². The third kappa shape index (κ3) is 2.20. The summed E-state index contributed by atoms with van der Waals surface area (Å²) >= 11 is 3.44. The van der Waals surface area contributed by atoms with Crippen molar-refractivity contribution in [2.45, 2.75) is 31.3 Å². The molecule has 0 saturated heterocycles. The molecule has 0 spiro atoms. The summed E-state index contributed by atoms with van der Waals surface area (Å²) in [6.07, 6.45) is 7.29. The summed E-state index contributed by atoms with van der Waals surface area (Å²) < 4.78 is 0.883. The fraction of sp³-hybridized carbons (Fsp3) is 0.462. The van der Waals surface area contributed by atoms with Gasteiger partial charge in [-0.05, 0) is 59.2 Å². The SMILES string of the molecule is C=C[C@]1(O)CCC[C@H]1Cc1cccnc1Br. The highest BCUT2D eigenvalue weighted by atomic mass is 79.9. The van der Waals surface area contributed by atoms with E-state index < -0.39 is 5.60 Å². The molecule has 0 unspecified atom stereocenters. The van der Waals surface area contributed by atoms with E-state index in [-0.39, 0.29) is 5.92 Å². The molecule has 1 aliphatic carbocycles. The van der Waals surface area contributed by atoms with Gasteiger partial charge in [-0.25, -0.2) is 4.98 Å². The molecule has 1 heterocycles. The van der Waals surface area contributed by atoms with Crippen LogP contribution in [-0.2, 0) is 6.42 Å². The molecule has 2 atom stereocenters. The molecule has 1 aromatic rings. The Morgan fingerprint density at radius 1 is 1.69 bits per heavy atom. The highest BCUT2D eigenvalue weighted by Gasteiger charge is 2.38. The molecule has 0 bridgehead atoms. The number of rotatable bonds is 3. The average Bonchev–Trinajstić information content (AvgIpc) is 2.65. The van der Waals surface area contributed by atoms with Crippen molar-refractivity contribution in [3.8, 4) is 0 Å². The average molecular weight is 282 g/mol. The number of aliphatic hydroxyl groups is 1. The minimum Gasteiger partial charge on any atom is -0.386 e. The molecule has 16 heavy (non-hydrogen) atoms. The number of halogens is 1. The predicted octanol–water partition coefficient (Wildman–Crippen LogP) is 3.10. The maximum absolute atomic E-state index is 10.4. The van der Waals surface area contributed by atoms with Gasteiger partial charge in [-0.2, -0.15) is 0 Å². The van der Waals surface area contributed by atoms with Gasteiger partial charge in [0.25, 0.3) is 0 Å². The standard InChI is InChI=1S/C13H16BrNO/c1-2-13(16)7-3-6-11(13)9-10-5-4-8-15-12(10)14/h2,4-5,8,11,16H,1,3,6-7,9H2/t11-,13-/m0/s1. The first kappa shape index (κ1) is 11.8. The number of aromatic nitrogens is 1. The Morgan fingerprint density at radius 3 is 3.19 bits per heavy atom. The van der Waals surface area contributed by atoms with E-state index in [2.05, 4.69) is 33.6 Å². The van der Waals surface area contributed by atoms with Crippen LogP contribution in [0.1, 0.15) is 24.8 Å². The second kappa shape index (κ2) is 4.68. The maximum Gasteiger partial charge on any atom is 0.109 e. The van der Waals surface area contributed by atoms with Gasteiger partial charge in [0.1, 0.15) is 4.60 Å². The normalized spacial score (nSPS) is 29.2. The summed E-state index contributed by atoms with van der Waals surface area (Å²) in [4.78, 5) is 4.20. The van der Waals surface area contributed by atoms with Crippen LogP contribution in [0.4, 0.5) is 0 Å². The fourth-order valence-corrected chi connectivity index (χ4v) is 2.88. The summed E-state index contributed by atoms with van der Waals surface area (Å²) in [6, 6.07) is 3.99. The molecule has 0 aliphatic heterocycles. The van der Waals surface area contributed by atoms with Gasteiger partial charge in [-0.15, -0.1) is 6.58 Å². The van der Waals surface area contributed by atoms with E-state index in [0.717, 1.165) is 35.8 Å². The van der Waals surface area contributed by atoms with Gasteiger partial charge >= 0.3 is 0 Å². The molecule has 1 aliphatic rings. The second-order valence-corrected chi connectivity index (χ2v) is 5.19. The van der Waals surface area contributed by atoms with E-state index in [1.807, 2.05) is 6.07 Å². The Morgan fingerprint density at radius 2 is 2.50 bits per heavy atom. The molecule has 0 aromatic carbocycles. The summed E-state index contributed by atoms with van der Waals surface area (Å²) in [5.74, 6) is 0.269. The lowest BCUT2D eigenvalue weighted by molar-refractivity contribution is 0.0513. The van der Waals surface area contributed by atoms with Gasteiger partial charge in [0.15, 0.2) is 0 Å². The zero-order valence-electron chi connectivity index (χ0n) is 9.19. The monoisotopic (exact) mass is 281 g/mol. The van der Waals surface area contributed by atoms with E-state index in [4.69, 9.17) is 0 Å². The topological polar surface area (TPSA) is 33.1 Å². The van der Waals surface area contributed by atoms with Crippen molar-refractivity contribution >= 4 is 15.9 Å². The van der Waals surface area contributed by atoms with Crippen LogP contribution in [0, 0.1) is 5.92 Å². The van der Waals surface area contributed by atoms with Crippen LogP contribution in [0.5, 0.6) is 0 Å². The van der Waals surface area contributed by atoms with Crippen LogP contribution in [0.25, 0.3) is 0 Å². The fourth-order valence-electron chi connectivity index (χ4n) is 2.47. The van der Waals surface area contributed by atoms with Crippen molar-refractivity contribution < 1.29 is 5.11 Å². The highest BCUT2D eigenvalue weighted by Crippen LogP contribution is 2.39. The lowest BCUT2D eigenvalue weighted by Crippen LogP contribution is -2.31.